The average molecular weight is 259 g/mol. The molecule has 0 aliphatic heterocycles. The Morgan fingerprint density at radius 1 is 1.32 bits per heavy atom. The summed E-state index contributed by atoms with van der Waals surface area (Å²) in [4.78, 5) is 17.5. The molecule has 1 aromatic carbocycles. The molecule has 0 aliphatic carbocycles. The SMILES string of the molecule is CN(C(=O)c1ccc(F)cn1)c1ccccc1CN. The molecule has 1 heterocycles. The van der Waals surface area contributed by atoms with Crippen LogP contribution in [0, 0.1) is 5.82 Å². The summed E-state index contributed by atoms with van der Waals surface area (Å²) in [7, 11) is 1.64. The van der Waals surface area contributed by atoms with E-state index in [1.807, 2.05) is 24.3 Å². The second-order valence-electron chi connectivity index (χ2n) is 4.06. The Morgan fingerprint density at radius 2 is 2.05 bits per heavy atom. The van der Waals surface area contributed by atoms with Crippen LogP contribution in [0.5, 0.6) is 0 Å². The number of para-hydroxylation sites is 1. The summed E-state index contributed by atoms with van der Waals surface area (Å²) >= 11 is 0. The van der Waals surface area contributed by atoms with Crippen molar-refractivity contribution in [2.24, 2.45) is 5.73 Å². The molecule has 0 saturated heterocycles. The zero-order chi connectivity index (χ0) is 13.8. The first-order valence-corrected chi connectivity index (χ1v) is 5.81. The maximum Gasteiger partial charge on any atom is 0.276 e. The lowest BCUT2D eigenvalue weighted by molar-refractivity contribution is 0.0988. The van der Waals surface area contributed by atoms with Gasteiger partial charge in [-0.2, -0.15) is 0 Å². The topological polar surface area (TPSA) is 59.2 Å². The number of carbonyl (C=O) groups excluding carboxylic acids is 1. The van der Waals surface area contributed by atoms with E-state index < -0.39 is 5.82 Å². The second-order valence-corrected chi connectivity index (χ2v) is 4.06. The maximum absolute atomic E-state index is 12.8. The van der Waals surface area contributed by atoms with Crippen LogP contribution in [0.25, 0.3) is 0 Å². The van der Waals surface area contributed by atoms with Crippen LogP contribution >= 0.6 is 0 Å². The first-order valence-electron chi connectivity index (χ1n) is 5.81. The number of pyridine rings is 1. The highest BCUT2D eigenvalue weighted by atomic mass is 19.1. The summed E-state index contributed by atoms with van der Waals surface area (Å²) in [6.07, 6.45) is 1.02. The smallest absolute Gasteiger partial charge is 0.276 e. The van der Waals surface area contributed by atoms with Gasteiger partial charge in [-0.25, -0.2) is 9.37 Å². The Morgan fingerprint density at radius 3 is 2.68 bits per heavy atom. The first-order chi connectivity index (χ1) is 9.13. The van der Waals surface area contributed by atoms with E-state index in [1.54, 1.807) is 7.05 Å². The van der Waals surface area contributed by atoms with Crippen LogP contribution in [0.15, 0.2) is 42.6 Å². The highest BCUT2D eigenvalue weighted by Gasteiger charge is 2.16. The van der Waals surface area contributed by atoms with Gasteiger partial charge in [-0.05, 0) is 23.8 Å². The minimum atomic E-state index is -0.471. The quantitative estimate of drug-likeness (QED) is 0.916. The number of nitrogens with zero attached hydrogens (tertiary/aromatic N) is 2. The zero-order valence-corrected chi connectivity index (χ0v) is 10.5. The molecule has 0 spiro atoms. The lowest BCUT2D eigenvalue weighted by Gasteiger charge is -2.19. The van der Waals surface area contributed by atoms with Gasteiger partial charge in [-0.15, -0.1) is 0 Å². The molecule has 0 bridgehead atoms. The monoisotopic (exact) mass is 259 g/mol. The summed E-state index contributed by atoms with van der Waals surface area (Å²) in [6.45, 7) is 0.338. The van der Waals surface area contributed by atoms with E-state index in [0.29, 0.717) is 6.54 Å². The van der Waals surface area contributed by atoms with Crippen molar-refractivity contribution in [1.29, 1.82) is 0 Å². The van der Waals surface area contributed by atoms with Crippen molar-refractivity contribution in [1.82, 2.24) is 4.98 Å². The number of halogens is 1. The van der Waals surface area contributed by atoms with E-state index in [0.717, 1.165) is 17.4 Å². The molecule has 0 saturated carbocycles. The third kappa shape index (κ3) is 2.77. The Hall–Kier alpha value is -2.27. The van der Waals surface area contributed by atoms with E-state index >= 15 is 0 Å². The molecule has 1 aromatic heterocycles. The van der Waals surface area contributed by atoms with Gasteiger partial charge in [0.15, 0.2) is 0 Å². The predicted molar refractivity (Wildman–Crippen MR) is 71.3 cm³/mol. The fourth-order valence-corrected chi connectivity index (χ4v) is 1.79. The molecule has 98 valence electrons. The van der Waals surface area contributed by atoms with E-state index in [-0.39, 0.29) is 11.6 Å². The van der Waals surface area contributed by atoms with Crippen LogP contribution in [0.4, 0.5) is 10.1 Å². The molecular weight excluding hydrogens is 245 g/mol. The minimum Gasteiger partial charge on any atom is -0.326 e. The van der Waals surface area contributed by atoms with Crippen molar-refractivity contribution >= 4 is 11.6 Å². The van der Waals surface area contributed by atoms with Crippen LogP contribution in [0.1, 0.15) is 16.1 Å². The van der Waals surface area contributed by atoms with Crippen molar-refractivity contribution in [2.75, 3.05) is 11.9 Å². The van der Waals surface area contributed by atoms with E-state index in [1.165, 1.54) is 17.0 Å². The number of nitrogens with two attached hydrogens (primary N) is 1. The normalized spacial score (nSPS) is 10.3. The predicted octanol–water partition coefficient (Wildman–Crippen LogP) is 1.96. The molecule has 0 atom stereocenters. The van der Waals surface area contributed by atoms with Gasteiger partial charge in [-0.1, -0.05) is 18.2 Å². The van der Waals surface area contributed by atoms with E-state index in [4.69, 9.17) is 5.73 Å². The number of rotatable bonds is 3. The number of anilines is 1. The van der Waals surface area contributed by atoms with Crippen LogP contribution in [0.2, 0.25) is 0 Å². The summed E-state index contributed by atoms with van der Waals surface area (Å²) in [5.74, 6) is -0.775. The van der Waals surface area contributed by atoms with Crippen molar-refractivity contribution in [3.63, 3.8) is 0 Å². The number of carbonyl (C=O) groups is 1. The van der Waals surface area contributed by atoms with Crippen LogP contribution in [-0.2, 0) is 6.54 Å². The third-order valence-corrected chi connectivity index (χ3v) is 2.82. The fraction of sp³-hybridized carbons (Fsp3) is 0.143. The molecule has 5 heteroatoms. The van der Waals surface area contributed by atoms with Gasteiger partial charge < -0.3 is 10.6 Å². The van der Waals surface area contributed by atoms with Gasteiger partial charge in [-0.3, -0.25) is 4.79 Å². The Kier molecular flexibility index (Phi) is 3.87. The molecular formula is C14H14FN3O. The third-order valence-electron chi connectivity index (χ3n) is 2.82. The number of hydrogen-bond acceptors (Lipinski definition) is 3. The standard InChI is InChI=1S/C14H14FN3O/c1-18(13-5-3-2-4-10(13)8-16)14(19)12-7-6-11(15)9-17-12/h2-7,9H,8,16H2,1H3. The second kappa shape index (κ2) is 5.58. The number of aromatic nitrogens is 1. The van der Waals surface area contributed by atoms with E-state index in [9.17, 15) is 9.18 Å². The molecule has 4 nitrogen and oxygen atoms in total. The van der Waals surface area contributed by atoms with Crippen molar-refractivity contribution in [2.45, 2.75) is 6.54 Å². The molecule has 2 N–H and O–H groups in total. The lowest BCUT2D eigenvalue weighted by Crippen LogP contribution is -2.28. The highest BCUT2D eigenvalue weighted by molar-refractivity contribution is 6.04. The summed E-state index contributed by atoms with van der Waals surface area (Å²) in [5.41, 5.74) is 7.42. The Labute approximate surface area is 110 Å². The molecule has 0 fully saturated rings. The van der Waals surface area contributed by atoms with Crippen LogP contribution in [-0.4, -0.2) is 17.9 Å². The van der Waals surface area contributed by atoms with Gasteiger partial charge in [0.25, 0.3) is 5.91 Å². The molecule has 19 heavy (non-hydrogen) atoms. The van der Waals surface area contributed by atoms with Gasteiger partial charge in [0.1, 0.15) is 11.5 Å². The number of amides is 1. The van der Waals surface area contributed by atoms with Gasteiger partial charge in [0.05, 0.1) is 6.20 Å². The Bertz CT molecular complexity index is 583. The number of hydrogen-bond donors (Lipinski definition) is 1. The average Bonchev–Trinajstić information content (AvgIpc) is 2.46. The van der Waals surface area contributed by atoms with Crippen molar-refractivity contribution in [3.05, 3.63) is 59.7 Å². The molecule has 2 aromatic rings. The molecule has 0 unspecified atom stereocenters. The molecule has 1 amide bonds. The number of benzene rings is 1. The minimum absolute atomic E-state index is 0.190. The molecule has 0 radical (unpaired) electrons. The largest absolute Gasteiger partial charge is 0.326 e. The van der Waals surface area contributed by atoms with Crippen LogP contribution < -0.4 is 10.6 Å². The first kappa shape index (κ1) is 13.2. The lowest BCUT2D eigenvalue weighted by atomic mass is 10.1. The fourth-order valence-electron chi connectivity index (χ4n) is 1.79. The van der Waals surface area contributed by atoms with Gasteiger partial charge >= 0.3 is 0 Å². The van der Waals surface area contributed by atoms with Gasteiger partial charge in [0, 0.05) is 19.3 Å². The highest BCUT2D eigenvalue weighted by Crippen LogP contribution is 2.20. The molecule has 0 aliphatic rings. The maximum atomic E-state index is 12.8. The summed E-state index contributed by atoms with van der Waals surface area (Å²) in [6, 6.07) is 9.93. The van der Waals surface area contributed by atoms with Crippen molar-refractivity contribution < 1.29 is 9.18 Å². The summed E-state index contributed by atoms with van der Waals surface area (Å²) < 4.78 is 12.8. The Balaban J connectivity index is 2.30. The summed E-state index contributed by atoms with van der Waals surface area (Å²) in [5, 5.41) is 0. The van der Waals surface area contributed by atoms with E-state index in [2.05, 4.69) is 4.98 Å². The van der Waals surface area contributed by atoms with Crippen LogP contribution in [0.3, 0.4) is 0 Å². The van der Waals surface area contributed by atoms with Gasteiger partial charge in [0.2, 0.25) is 0 Å². The molecule has 2 rings (SSSR count). The van der Waals surface area contributed by atoms with Crippen molar-refractivity contribution in [3.8, 4) is 0 Å². The zero-order valence-electron chi connectivity index (χ0n) is 10.5.